The predicted molar refractivity (Wildman–Crippen MR) is 136 cm³/mol. The van der Waals surface area contributed by atoms with Crippen molar-refractivity contribution in [2.45, 2.75) is 39.5 Å². The van der Waals surface area contributed by atoms with Crippen LogP contribution in [0.4, 0.5) is 0 Å². The number of aromatic hydroxyl groups is 1. The molecule has 2 heterocycles. The lowest BCUT2D eigenvalue weighted by Crippen LogP contribution is -2.28. The third-order valence-electron chi connectivity index (χ3n) is 5.97. The first kappa shape index (κ1) is 25.9. The molecule has 0 bridgehead atoms. The van der Waals surface area contributed by atoms with Crippen LogP contribution in [0.3, 0.4) is 0 Å². The summed E-state index contributed by atoms with van der Waals surface area (Å²) in [6, 6.07) is 12.3. The maximum Gasteiger partial charge on any atom is 0.343 e. The smallest absolute Gasteiger partial charge is 0.343 e. The summed E-state index contributed by atoms with van der Waals surface area (Å²) in [7, 11) is 0. The van der Waals surface area contributed by atoms with E-state index in [0.29, 0.717) is 54.7 Å². The number of nitrogens with one attached hydrogen (secondary N) is 1. The summed E-state index contributed by atoms with van der Waals surface area (Å²) in [6.45, 7) is 6.92. The molecule has 0 spiro atoms. The third kappa shape index (κ3) is 6.17. The summed E-state index contributed by atoms with van der Waals surface area (Å²) in [5, 5.41) is 13.5. The molecule has 9 nitrogen and oxygen atoms in total. The minimum Gasteiger partial charge on any atom is -0.507 e. The molecule has 1 aliphatic heterocycles. The molecule has 3 aromatic rings. The van der Waals surface area contributed by atoms with Crippen LogP contribution in [0.2, 0.25) is 0 Å². The zero-order valence-electron chi connectivity index (χ0n) is 21.2. The molecule has 1 aliphatic rings. The molecular formula is C28H31NO8. The second kappa shape index (κ2) is 11.7. The van der Waals surface area contributed by atoms with Gasteiger partial charge < -0.3 is 33.8 Å². The SMILES string of the molecule is CCOc1ccc(CCNC(=O)CC(c2ccc3c(c2)OCO3)c2c(O)cc(C)oc2=O)cc1OCC. The number of hydrogen-bond donors (Lipinski definition) is 2. The molecule has 0 saturated carbocycles. The Bertz CT molecular complexity index is 1320. The van der Waals surface area contributed by atoms with Crippen molar-refractivity contribution in [1.82, 2.24) is 5.32 Å². The van der Waals surface area contributed by atoms with E-state index in [-0.39, 0.29) is 36.2 Å². The summed E-state index contributed by atoms with van der Waals surface area (Å²) in [4.78, 5) is 25.7. The van der Waals surface area contributed by atoms with Gasteiger partial charge in [-0.05, 0) is 62.6 Å². The molecule has 0 aliphatic carbocycles. The number of amides is 1. The van der Waals surface area contributed by atoms with Crippen LogP contribution in [-0.2, 0) is 11.2 Å². The number of carbonyl (C=O) groups excluding carboxylic acids is 1. The van der Waals surface area contributed by atoms with E-state index in [1.807, 2.05) is 32.0 Å². The first-order chi connectivity index (χ1) is 17.9. The van der Waals surface area contributed by atoms with Crippen LogP contribution in [-0.4, -0.2) is 37.6 Å². The Morgan fingerprint density at radius 2 is 1.78 bits per heavy atom. The Morgan fingerprint density at radius 1 is 1.03 bits per heavy atom. The fourth-order valence-corrected chi connectivity index (χ4v) is 4.30. The summed E-state index contributed by atoms with van der Waals surface area (Å²) in [6.07, 6.45) is 0.499. The zero-order valence-corrected chi connectivity index (χ0v) is 21.2. The minimum absolute atomic E-state index is 0.0208. The Balaban J connectivity index is 1.49. The molecule has 9 heteroatoms. The maximum atomic E-state index is 13.0. The number of rotatable bonds is 11. The zero-order chi connectivity index (χ0) is 26.4. The molecule has 2 N–H and O–H groups in total. The number of ether oxygens (including phenoxy) is 4. The third-order valence-corrected chi connectivity index (χ3v) is 5.97. The summed E-state index contributed by atoms with van der Waals surface area (Å²) >= 11 is 0. The van der Waals surface area contributed by atoms with E-state index >= 15 is 0 Å². The van der Waals surface area contributed by atoms with Crippen LogP contribution in [0.1, 0.15) is 48.6 Å². The molecule has 1 atom stereocenters. The van der Waals surface area contributed by atoms with E-state index < -0.39 is 11.5 Å². The van der Waals surface area contributed by atoms with E-state index in [2.05, 4.69) is 5.32 Å². The topological polar surface area (TPSA) is 116 Å². The van der Waals surface area contributed by atoms with Crippen LogP contribution in [0.25, 0.3) is 0 Å². The van der Waals surface area contributed by atoms with Crippen molar-refractivity contribution in [1.29, 1.82) is 0 Å². The van der Waals surface area contributed by atoms with Crippen LogP contribution in [0.15, 0.2) is 51.7 Å². The number of benzene rings is 2. The Morgan fingerprint density at radius 3 is 2.54 bits per heavy atom. The molecule has 0 saturated heterocycles. The standard InChI is InChI=1S/C28H31NO8/c1-4-33-22-8-6-18(13-24(22)34-5-2)10-11-29-26(31)15-20(27-21(30)12-17(3)37-28(27)32)19-7-9-23-25(14-19)36-16-35-23/h6-9,12-14,20,30H,4-5,10-11,15-16H2,1-3H3,(H,29,31). The highest BCUT2D eigenvalue weighted by molar-refractivity contribution is 5.78. The van der Waals surface area contributed by atoms with Crippen LogP contribution < -0.4 is 29.9 Å². The second-order valence-electron chi connectivity index (χ2n) is 8.56. The van der Waals surface area contributed by atoms with Gasteiger partial charge in [-0.1, -0.05) is 12.1 Å². The highest BCUT2D eigenvalue weighted by atomic mass is 16.7. The van der Waals surface area contributed by atoms with Gasteiger partial charge in [0.15, 0.2) is 23.0 Å². The van der Waals surface area contributed by atoms with Gasteiger partial charge in [-0.2, -0.15) is 0 Å². The molecule has 196 valence electrons. The maximum absolute atomic E-state index is 13.0. The van der Waals surface area contributed by atoms with Crippen LogP contribution in [0.5, 0.6) is 28.7 Å². The van der Waals surface area contributed by atoms with Gasteiger partial charge in [0.2, 0.25) is 12.7 Å². The second-order valence-corrected chi connectivity index (χ2v) is 8.56. The van der Waals surface area contributed by atoms with Gasteiger partial charge in [0, 0.05) is 24.9 Å². The fourth-order valence-electron chi connectivity index (χ4n) is 4.30. The number of fused-ring (bicyclic) bond motifs is 1. The van der Waals surface area contributed by atoms with Gasteiger partial charge in [-0.25, -0.2) is 4.79 Å². The summed E-state index contributed by atoms with van der Waals surface area (Å²) in [5.41, 5.74) is 0.938. The first-order valence-corrected chi connectivity index (χ1v) is 12.3. The summed E-state index contributed by atoms with van der Waals surface area (Å²) in [5.74, 6) is 1.47. The van der Waals surface area contributed by atoms with Crippen molar-refractivity contribution in [3.63, 3.8) is 0 Å². The van der Waals surface area contributed by atoms with Gasteiger partial charge in [-0.3, -0.25) is 4.79 Å². The van der Waals surface area contributed by atoms with Crippen LogP contribution >= 0.6 is 0 Å². The molecule has 37 heavy (non-hydrogen) atoms. The monoisotopic (exact) mass is 509 g/mol. The molecule has 1 aromatic heterocycles. The Labute approximate surface area is 214 Å². The predicted octanol–water partition coefficient (Wildman–Crippen LogP) is 4.06. The van der Waals surface area contributed by atoms with E-state index in [1.54, 1.807) is 25.1 Å². The van der Waals surface area contributed by atoms with Crippen molar-refractivity contribution in [3.05, 3.63) is 75.3 Å². The lowest BCUT2D eigenvalue weighted by Gasteiger charge is -2.18. The number of carbonyl (C=O) groups is 1. The minimum atomic E-state index is -0.749. The number of hydrogen-bond acceptors (Lipinski definition) is 8. The summed E-state index contributed by atoms with van der Waals surface area (Å²) < 4.78 is 27.4. The van der Waals surface area contributed by atoms with E-state index in [9.17, 15) is 14.7 Å². The fraction of sp³-hybridized carbons (Fsp3) is 0.357. The van der Waals surface area contributed by atoms with E-state index in [1.165, 1.54) is 6.07 Å². The number of aryl methyl sites for hydroxylation is 1. The van der Waals surface area contributed by atoms with E-state index in [4.69, 9.17) is 23.4 Å². The van der Waals surface area contributed by atoms with Crippen molar-refractivity contribution >= 4 is 5.91 Å². The van der Waals surface area contributed by atoms with Gasteiger partial charge in [0.1, 0.15) is 11.5 Å². The lowest BCUT2D eigenvalue weighted by atomic mass is 9.88. The molecule has 0 fully saturated rings. The van der Waals surface area contributed by atoms with Gasteiger partial charge in [0.05, 0.1) is 18.8 Å². The highest BCUT2D eigenvalue weighted by Gasteiger charge is 2.27. The molecule has 2 aromatic carbocycles. The average molecular weight is 510 g/mol. The van der Waals surface area contributed by atoms with Crippen molar-refractivity contribution in [3.8, 4) is 28.7 Å². The molecule has 1 unspecified atom stereocenters. The molecule has 0 radical (unpaired) electrons. The van der Waals surface area contributed by atoms with Crippen molar-refractivity contribution in [2.75, 3.05) is 26.6 Å². The van der Waals surface area contributed by atoms with Gasteiger partial charge in [-0.15, -0.1) is 0 Å². The van der Waals surface area contributed by atoms with Gasteiger partial charge in [0.25, 0.3) is 0 Å². The normalized spacial score (nSPS) is 12.7. The lowest BCUT2D eigenvalue weighted by molar-refractivity contribution is -0.121. The average Bonchev–Trinajstić information content (AvgIpc) is 3.33. The van der Waals surface area contributed by atoms with Crippen molar-refractivity contribution < 1.29 is 33.3 Å². The highest BCUT2D eigenvalue weighted by Crippen LogP contribution is 2.39. The Hall–Kier alpha value is -4.14. The van der Waals surface area contributed by atoms with Crippen molar-refractivity contribution in [2.24, 2.45) is 0 Å². The quantitative estimate of drug-likeness (QED) is 0.398. The van der Waals surface area contributed by atoms with Gasteiger partial charge >= 0.3 is 5.63 Å². The molecule has 4 rings (SSSR count). The van der Waals surface area contributed by atoms with E-state index in [0.717, 1.165) is 5.56 Å². The van der Waals surface area contributed by atoms with Crippen LogP contribution in [0, 0.1) is 6.92 Å². The first-order valence-electron chi connectivity index (χ1n) is 12.3. The Kier molecular flexibility index (Phi) is 8.22. The molecular weight excluding hydrogens is 478 g/mol. The largest absolute Gasteiger partial charge is 0.507 e. The molecule has 1 amide bonds.